The number of benzene rings is 1. The Morgan fingerprint density at radius 3 is 2.75 bits per heavy atom. The quantitative estimate of drug-likeness (QED) is 0.618. The number of nitriles is 1. The Bertz CT molecular complexity index is 452. The molecule has 0 fully saturated rings. The lowest BCUT2D eigenvalue weighted by atomic mass is 10.1. The Balaban J connectivity index is 3.21. The van der Waals surface area contributed by atoms with Crippen LogP contribution in [0.4, 0.5) is 0 Å². The Kier molecular flexibility index (Phi) is 4.60. The first-order chi connectivity index (χ1) is 7.63. The largest absolute Gasteiger partial charge is 0.462 e. The van der Waals surface area contributed by atoms with Crippen molar-refractivity contribution < 1.29 is 9.53 Å². The van der Waals surface area contributed by atoms with Crippen LogP contribution in [0.25, 0.3) is 0 Å². The predicted molar refractivity (Wildman–Crippen MR) is 61.7 cm³/mol. The molecular weight excluding hydrogens is 249 g/mol. The van der Waals surface area contributed by atoms with E-state index in [0.29, 0.717) is 16.7 Å². The predicted octanol–water partition coefficient (Wildman–Crippen LogP) is 3.13. The molecule has 0 heterocycles. The topological polar surface area (TPSA) is 50.1 Å². The number of halogens is 2. The lowest BCUT2D eigenvalue weighted by Gasteiger charge is -2.06. The zero-order chi connectivity index (χ0) is 12.1. The van der Waals surface area contributed by atoms with E-state index < -0.39 is 5.97 Å². The number of ether oxygens (including phenoxy) is 1. The number of carbonyl (C=O) groups is 1. The summed E-state index contributed by atoms with van der Waals surface area (Å²) in [5, 5.41) is 9.07. The molecule has 0 unspecified atom stereocenters. The fraction of sp³-hybridized carbons (Fsp3) is 0.273. The summed E-state index contributed by atoms with van der Waals surface area (Å²) in [6.45, 7) is 2.00. The molecule has 1 aromatic carbocycles. The van der Waals surface area contributed by atoms with Gasteiger partial charge in [0.05, 0.1) is 22.8 Å². The highest BCUT2D eigenvalue weighted by molar-refractivity contribution is 6.32. The number of carbonyl (C=O) groups excluding carboxylic acids is 1. The van der Waals surface area contributed by atoms with Gasteiger partial charge in [-0.3, -0.25) is 0 Å². The van der Waals surface area contributed by atoms with Gasteiger partial charge in [0.1, 0.15) is 6.07 Å². The first-order valence-electron chi connectivity index (χ1n) is 4.59. The maximum absolute atomic E-state index is 11.5. The fourth-order valence-corrected chi connectivity index (χ4v) is 1.72. The molecule has 0 saturated carbocycles. The number of esters is 1. The lowest BCUT2D eigenvalue weighted by Crippen LogP contribution is -2.06. The van der Waals surface area contributed by atoms with Gasteiger partial charge in [0.2, 0.25) is 0 Å². The van der Waals surface area contributed by atoms with Crippen LogP contribution < -0.4 is 0 Å². The van der Waals surface area contributed by atoms with E-state index in [9.17, 15) is 4.79 Å². The van der Waals surface area contributed by atoms with Gasteiger partial charge in [-0.25, -0.2) is 4.79 Å². The van der Waals surface area contributed by atoms with Crippen molar-refractivity contribution in [1.29, 1.82) is 5.26 Å². The number of alkyl halides is 1. The molecule has 0 saturated heterocycles. The third-order valence-electron chi connectivity index (χ3n) is 1.94. The molecule has 3 nitrogen and oxygen atoms in total. The minimum atomic E-state index is -0.472. The van der Waals surface area contributed by atoms with Gasteiger partial charge < -0.3 is 4.74 Å². The maximum atomic E-state index is 11.5. The second-order valence-corrected chi connectivity index (χ2v) is 3.63. The molecule has 0 spiro atoms. The zero-order valence-electron chi connectivity index (χ0n) is 8.59. The van der Waals surface area contributed by atoms with E-state index in [1.807, 2.05) is 6.07 Å². The van der Waals surface area contributed by atoms with Gasteiger partial charge in [-0.1, -0.05) is 11.6 Å². The van der Waals surface area contributed by atoms with Crippen molar-refractivity contribution in [3.05, 3.63) is 33.8 Å². The van der Waals surface area contributed by atoms with E-state index in [2.05, 4.69) is 0 Å². The van der Waals surface area contributed by atoms with Gasteiger partial charge in [0.25, 0.3) is 0 Å². The maximum Gasteiger partial charge on any atom is 0.338 e. The van der Waals surface area contributed by atoms with E-state index in [1.165, 1.54) is 12.1 Å². The molecule has 16 heavy (non-hydrogen) atoms. The summed E-state index contributed by atoms with van der Waals surface area (Å²) < 4.78 is 4.83. The van der Waals surface area contributed by atoms with Crippen molar-refractivity contribution >= 4 is 29.2 Å². The first kappa shape index (κ1) is 12.8. The van der Waals surface area contributed by atoms with Crippen LogP contribution in [-0.2, 0) is 10.6 Å². The second-order valence-electron chi connectivity index (χ2n) is 2.96. The Morgan fingerprint density at radius 2 is 2.25 bits per heavy atom. The number of rotatable bonds is 3. The highest BCUT2D eigenvalue weighted by Crippen LogP contribution is 2.23. The molecule has 0 amide bonds. The van der Waals surface area contributed by atoms with Crippen LogP contribution in [0.5, 0.6) is 0 Å². The van der Waals surface area contributed by atoms with Gasteiger partial charge in [0.15, 0.2) is 0 Å². The van der Waals surface area contributed by atoms with Gasteiger partial charge in [-0.2, -0.15) is 5.26 Å². The van der Waals surface area contributed by atoms with Crippen molar-refractivity contribution in [3.8, 4) is 6.07 Å². The number of hydrogen-bond donors (Lipinski definition) is 0. The fourth-order valence-electron chi connectivity index (χ4n) is 1.23. The molecule has 0 aliphatic heterocycles. The van der Waals surface area contributed by atoms with Crippen LogP contribution in [0.1, 0.15) is 28.4 Å². The molecule has 0 radical (unpaired) electrons. The van der Waals surface area contributed by atoms with Crippen LogP contribution in [-0.4, -0.2) is 12.6 Å². The minimum Gasteiger partial charge on any atom is -0.462 e. The summed E-state index contributed by atoms with van der Waals surface area (Å²) in [5.74, 6) is -0.351. The summed E-state index contributed by atoms with van der Waals surface area (Å²) in [4.78, 5) is 11.5. The normalized spacial score (nSPS) is 9.62. The summed E-state index contributed by atoms with van der Waals surface area (Å²) in [6.07, 6.45) is 0. The molecule has 0 bridgehead atoms. The average molecular weight is 258 g/mol. The monoisotopic (exact) mass is 257 g/mol. The molecule has 0 aromatic heterocycles. The molecule has 0 N–H and O–H groups in total. The zero-order valence-corrected chi connectivity index (χ0v) is 10.1. The minimum absolute atomic E-state index is 0.121. The van der Waals surface area contributed by atoms with Gasteiger partial charge in [-0.15, -0.1) is 11.6 Å². The molecule has 0 aliphatic carbocycles. The van der Waals surface area contributed by atoms with Crippen molar-refractivity contribution in [2.45, 2.75) is 12.8 Å². The standard InChI is InChI=1S/C11H9Cl2NO2/c1-2-16-11(15)7-3-8(5-12)9(6-14)10(13)4-7/h3-4H,2,5H2,1H3. The molecule has 0 atom stereocenters. The van der Waals surface area contributed by atoms with Crippen molar-refractivity contribution in [2.75, 3.05) is 6.61 Å². The molecular formula is C11H9Cl2NO2. The highest BCUT2D eigenvalue weighted by atomic mass is 35.5. The van der Waals surface area contributed by atoms with Gasteiger partial charge in [0, 0.05) is 5.88 Å². The number of hydrogen-bond acceptors (Lipinski definition) is 3. The number of nitrogens with zero attached hydrogens (tertiary/aromatic N) is 1. The van der Waals surface area contributed by atoms with Crippen molar-refractivity contribution in [2.24, 2.45) is 0 Å². The van der Waals surface area contributed by atoms with E-state index in [1.54, 1.807) is 6.92 Å². The van der Waals surface area contributed by atoms with Crippen molar-refractivity contribution in [3.63, 3.8) is 0 Å². The van der Waals surface area contributed by atoms with Crippen LogP contribution in [0.3, 0.4) is 0 Å². The third-order valence-corrected chi connectivity index (χ3v) is 2.52. The molecule has 84 valence electrons. The average Bonchev–Trinajstić information content (AvgIpc) is 2.28. The summed E-state index contributed by atoms with van der Waals surface area (Å²) >= 11 is 11.5. The highest BCUT2D eigenvalue weighted by Gasteiger charge is 2.13. The van der Waals surface area contributed by atoms with Crippen LogP contribution in [0.15, 0.2) is 12.1 Å². The molecule has 1 rings (SSSR count). The van der Waals surface area contributed by atoms with E-state index in [0.717, 1.165) is 0 Å². The lowest BCUT2D eigenvalue weighted by molar-refractivity contribution is 0.0526. The van der Waals surface area contributed by atoms with Crippen LogP contribution in [0.2, 0.25) is 5.02 Å². The van der Waals surface area contributed by atoms with Crippen LogP contribution in [0, 0.1) is 11.3 Å². The van der Waals surface area contributed by atoms with Crippen molar-refractivity contribution in [1.82, 2.24) is 0 Å². The van der Waals surface area contributed by atoms with Gasteiger partial charge >= 0.3 is 5.97 Å². The smallest absolute Gasteiger partial charge is 0.338 e. The molecule has 0 aliphatic rings. The first-order valence-corrected chi connectivity index (χ1v) is 5.50. The molecule has 1 aromatic rings. The van der Waals surface area contributed by atoms with Gasteiger partial charge in [-0.05, 0) is 24.6 Å². The third kappa shape index (κ3) is 2.66. The van der Waals surface area contributed by atoms with Crippen LogP contribution >= 0.6 is 23.2 Å². The summed E-state index contributed by atoms with van der Waals surface area (Å²) in [7, 11) is 0. The summed E-state index contributed by atoms with van der Waals surface area (Å²) in [5.41, 5.74) is 1.13. The summed E-state index contributed by atoms with van der Waals surface area (Å²) in [6, 6.07) is 4.88. The van der Waals surface area contributed by atoms with E-state index in [-0.39, 0.29) is 17.5 Å². The van der Waals surface area contributed by atoms with E-state index in [4.69, 9.17) is 33.2 Å². The second kappa shape index (κ2) is 5.74. The Labute approximate surface area is 104 Å². The Morgan fingerprint density at radius 1 is 1.56 bits per heavy atom. The Hall–Kier alpha value is -1.24. The van der Waals surface area contributed by atoms with E-state index >= 15 is 0 Å². The SMILES string of the molecule is CCOC(=O)c1cc(Cl)c(C#N)c(CCl)c1. The molecule has 5 heteroatoms.